The fraction of sp³-hybridized carbons (Fsp3) is 0.462. The molecule has 1 unspecified atom stereocenters. The summed E-state index contributed by atoms with van der Waals surface area (Å²) >= 11 is 0. The van der Waals surface area contributed by atoms with Crippen LogP contribution in [0, 0.1) is 18.3 Å². The van der Waals surface area contributed by atoms with Crippen molar-refractivity contribution in [2.75, 3.05) is 0 Å². The van der Waals surface area contributed by atoms with Crippen molar-refractivity contribution in [3.05, 3.63) is 35.4 Å². The number of benzene rings is 1. The van der Waals surface area contributed by atoms with Gasteiger partial charge in [-0.3, -0.25) is 4.79 Å². The van der Waals surface area contributed by atoms with Crippen LogP contribution in [0.15, 0.2) is 24.3 Å². The molecule has 1 saturated carbocycles. The molecule has 2 atom stereocenters. The highest BCUT2D eigenvalue weighted by atomic mass is 16.1. The molecule has 14 heavy (non-hydrogen) atoms. The van der Waals surface area contributed by atoms with E-state index in [1.807, 2.05) is 31.2 Å². The number of carbonyl (C=O) groups is 1. The maximum atomic E-state index is 12.1. The predicted octanol–water partition coefficient (Wildman–Crippen LogP) is 3.22. The first-order chi connectivity index (χ1) is 6.54. The van der Waals surface area contributed by atoms with Gasteiger partial charge in [0.2, 0.25) is 0 Å². The summed E-state index contributed by atoms with van der Waals surface area (Å²) in [5.41, 5.74) is 1.99. The lowest BCUT2D eigenvalue weighted by molar-refractivity contribution is 0.0902. The molecule has 1 nitrogen and oxygen atoms in total. The maximum Gasteiger partial charge on any atom is 0.168 e. The van der Waals surface area contributed by atoms with E-state index in [0.29, 0.717) is 11.7 Å². The van der Waals surface area contributed by atoms with Gasteiger partial charge in [-0.2, -0.15) is 0 Å². The minimum Gasteiger partial charge on any atom is -0.294 e. The van der Waals surface area contributed by atoms with Crippen molar-refractivity contribution in [1.82, 2.24) is 0 Å². The molecule has 0 amide bonds. The van der Waals surface area contributed by atoms with Gasteiger partial charge in [-0.25, -0.2) is 0 Å². The number of aryl methyl sites for hydroxylation is 1. The molecular weight excluding hydrogens is 172 g/mol. The molecule has 2 rings (SSSR count). The van der Waals surface area contributed by atoms with Crippen molar-refractivity contribution in [3.8, 4) is 0 Å². The Kier molecular flexibility index (Phi) is 1.99. The van der Waals surface area contributed by atoms with Crippen LogP contribution in [-0.2, 0) is 0 Å². The van der Waals surface area contributed by atoms with Gasteiger partial charge in [0.1, 0.15) is 0 Å². The van der Waals surface area contributed by atoms with Crippen molar-refractivity contribution in [2.45, 2.75) is 27.2 Å². The van der Waals surface area contributed by atoms with Crippen LogP contribution in [0.4, 0.5) is 0 Å². The van der Waals surface area contributed by atoms with Gasteiger partial charge in [-0.1, -0.05) is 43.7 Å². The van der Waals surface area contributed by atoms with Gasteiger partial charge in [0.25, 0.3) is 0 Å². The molecule has 0 aromatic heterocycles. The molecular formula is C13H16O. The maximum absolute atomic E-state index is 12.1. The summed E-state index contributed by atoms with van der Waals surface area (Å²) in [4.78, 5) is 12.1. The second-order valence-electron chi connectivity index (χ2n) is 4.72. The first-order valence-electron chi connectivity index (χ1n) is 5.15. The fourth-order valence-electron chi connectivity index (χ4n) is 1.93. The normalized spacial score (nSPS) is 30.1. The summed E-state index contributed by atoms with van der Waals surface area (Å²) in [5, 5.41) is 0. The molecule has 1 aromatic rings. The number of ketones is 1. The Morgan fingerprint density at radius 3 is 2.29 bits per heavy atom. The summed E-state index contributed by atoms with van der Waals surface area (Å²) in [6, 6.07) is 7.88. The minimum absolute atomic E-state index is 0.0741. The van der Waals surface area contributed by atoms with E-state index in [9.17, 15) is 4.79 Å². The Balaban J connectivity index is 2.24. The highest BCUT2D eigenvalue weighted by Crippen LogP contribution is 2.53. The molecule has 1 fully saturated rings. The van der Waals surface area contributed by atoms with E-state index >= 15 is 0 Å². The Hall–Kier alpha value is -1.11. The average molecular weight is 188 g/mol. The lowest BCUT2D eigenvalue weighted by atomic mass is 9.94. The van der Waals surface area contributed by atoms with Crippen LogP contribution in [-0.4, -0.2) is 5.78 Å². The van der Waals surface area contributed by atoms with E-state index < -0.39 is 0 Å². The molecule has 0 heterocycles. The Labute approximate surface area is 85.1 Å². The van der Waals surface area contributed by atoms with Crippen LogP contribution in [0.5, 0.6) is 0 Å². The van der Waals surface area contributed by atoms with Crippen LogP contribution < -0.4 is 0 Å². The zero-order valence-electron chi connectivity index (χ0n) is 9.00. The molecule has 1 heteroatoms. The number of hydrogen-bond acceptors (Lipinski definition) is 1. The van der Waals surface area contributed by atoms with Crippen molar-refractivity contribution in [2.24, 2.45) is 11.3 Å². The van der Waals surface area contributed by atoms with Crippen LogP contribution in [0.2, 0.25) is 0 Å². The van der Waals surface area contributed by atoms with Crippen molar-refractivity contribution in [3.63, 3.8) is 0 Å². The Morgan fingerprint density at radius 2 is 1.86 bits per heavy atom. The zero-order chi connectivity index (χ0) is 10.3. The summed E-state index contributed by atoms with van der Waals surface area (Å²) in [5.74, 6) is 0.862. The smallest absolute Gasteiger partial charge is 0.168 e. The van der Waals surface area contributed by atoms with E-state index in [2.05, 4.69) is 13.8 Å². The molecule has 0 N–H and O–H groups in total. The van der Waals surface area contributed by atoms with E-state index in [1.165, 1.54) is 5.56 Å². The number of hydrogen-bond donors (Lipinski definition) is 0. The third-order valence-corrected chi connectivity index (χ3v) is 3.49. The van der Waals surface area contributed by atoms with Gasteiger partial charge in [0.15, 0.2) is 5.78 Å². The first kappa shape index (κ1) is 9.45. The van der Waals surface area contributed by atoms with Crippen LogP contribution in [0.1, 0.15) is 36.2 Å². The molecule has 0 saturated heterocycles. The minimum atomic E-state index is -0.0741. The summed E-state index contributed by atoms with van der Waals surface area (Å²) in [6.07, 6.45) is 1.04. The van der Waals surface area contributed by atoms with Crippen molar-refractivity contribution >= 4 is 5.78 Å². The van der Waals surface area contributed by atoms with Crippen LogP contribution in [0.25, 0.3) is 0 Å². The second-order valence-corrected chi connectivity index (χ2v) is 4.72. The molecule has 74 valence electrons. The first-order valence-corrected chi connectivity index (χ1v) is 5.15. The SMILES string of the molecule is Cc1ccc(C(=O)C2(C)C[C@H]2C)cc1. The highest BCUT2D eigenvalue weighted by Gasteiger charge is 2.52. The molecule has 1 aromatic carbocycles. The highest BCUT2D eigenvalue weighted by molar-refractivity contribution is 6.02. The van der Waals surface area contributed by atoms with Crippen LogP contribution >= 0.6 is 0 Å². The predicted molar refractivity (Wildman–Crippen MR) is 57.4 cm³/mol. The monoisotopic (exact) mass is 188 g/mol. The van der Waals surface area contributed by atoms with Gasteiger partial charge < -0.3 is 0 Å². The number of rotatable bonds is 2. The molecule has 0 aliphatic heterocycles. The molecule has 0 bridgehead atoms. The Bertz CT molecular complexity index is 363. The van der Waals surface area contributed by atoms with Gasteiger partial charge in [0.05, 0.1) is 0 Å². The third kappa shape index (κ3) is 1.37. The molecule has 1 aliphatic carbocycles. The number of Topliss-reactive ketones (excluding diaryl/α,β-unsaturated/α-hetero) is 1. The topological polar surface area (TPSA) is 17.1 Å². The summed E-state index contributed by atoms with van der Waals surface area (Å²) < 4.78 is 0. The second kappa shape index (κ2) is 2.94. The fourth-order valence-corrected chi connectivity index (χ4v) is 1.93. The van der Waals surface area contributed by atoms with Gasteiger partial charge in [0, 0.05) is 11.0 Å². The van der Waals surface area contributed by atoms with E-state index in [1.54, 1.807) is 0 Å². The summed E-state index contributed by atoms with van der Waals surface area (Å²) in [7, 11) is 0. The summed E-state index contributed by atoms with van der Waals surface area (Å²) in [6.45, 7) is 6.25. The molecule has 0 spiro atoms. The molecule has 1 aliphatic rings. The largest absolute Gasteiger partial charge is 0.294 e. The molecule has 0 radical (unpaired) electrons. The van der Waals surface area contributed by atoms with Crippen molar-refractivity contribution in [1.29, 1.82) is 0 Å². The third-order valence-electron chi connectivity index (χ3n) is 3.49. The number of carbonyl (C=O) groups excluding carboxylic acids is 1. The zero-order valence-corrected chi connectivity index (χ0v) is 9.00. The average Bonchev–Trinajstić information content (AvgIpc) is 2.76. The standard InChI is InChI=1S/C13H16O/c1-9-4-6-11(7-5-9)12(14)13(3)8-10(13)2/h4-7,10H,8H2,1-3H3/t10-,13?/m1/s1. The lowest BCUT2D eigenvalue weighted by Gasteiger charge is -2.08. The van der Waals surface area contributed by atoms with E-state index in [0.717, 1.165) is 12.0 Å². The van der Waals surface area contributed by atoms with Gasteiger partial charge in [-0.05, 0) is 19.3 Å². The van der Waals surface area contributed by atoms with E-state index in [4.69, 9.17) is 0 Å². The van der Waals surface area contributed by atoms with Gasteiger partial charge >= 0.3 is 0 Å². The van der Waals surface area contributed by atoms with E-state index in [-0.39, 0.29) is 5.41 Å². The van der Waals surface area contributed by atoms with Crippen LogP contribution in [0.3, 0.4) is 0 Å². The lowest BCUT2D eigenvalue weighted by Crippen LogP contribution is -2.13. The van der Waals surface area contributed by atoms with Crippen molar-refractivity contribution < 1.29 is 4.79 Å². The Morgan fingerprint density at radius 1 is 1.36 bits per heavy atom. The quantitative estimate of drug-likeness (QED) is 0.651. The van der Waals surface area contributed by atoms with Gasteiger partial charge in [-0.15, -0.1) is 0 Å².